The molecule has 0 aliphatic carbocycles. The van der Waals surface area contributed by atoms with Crippen molar-refractivity contribution in [1.29, 1.82) is 0 Å². The number of hydrogen-bond donors (Lipinski definition) is 1. The number of carbonyl (C=O) groups is 1. The third kappa shape index (κ3) is 4.40. The molecule has 3 rings (SSSR count). The highest BCUT2D eigenvalue weighted by atomic mass is 32.1. The molecule has 0 aliphatic rings. The van der Waals surface area contributed by atoms with Gasteiger partial charge in [0.05, 0.1) is 5.39 Å². The highest BCUT2D eigenvalue weighted by Crippen LogP contribution is 2.24. The van der Waals surface area contributed by atoms with E-state index in [9.17, 15) is 9.59 Å². The van der Waals surface area contributed by atoms with Crippen molar-refractivity contribution in [3.05, 3.63) is 46.9 Å². The highest BCUT2D eigenvalue weighted by Gasteiger charge is 2.16. The van der Waals surface area contributed by atoms with E-state index in [1.807, 2.05) is 12.1 Å². The number of hydrogen-bond acceptors (Lipinski definition) is 8. The van der Waals surface area contributed by atoms with E-state index in [0.717, 1.165) is 4.70 Å². The normalized spacial score (nSPS) is 11.3. The summed E-state index contributed by atoms with van der Waals surface area (Å²) in [7, 11) is 0. The fourth-order valence-corrected chi connectivity index (χ4v) is 3.18. The summed E-state index contributed by atoms with van der Waals surface area (Å²) < 4.78 is 6.07. The van der Waals surface area contributed by atoms with Gasteiger partial charge in [-0.1, -0.05) is 12.1 Å². The molecule has 1 aromatic carbocycles. The second-order valence-corrected chi connectivity index (χ2v) is 7.56. The number of carbonyl (C=O) groups excluding carboxylic acids is 1. The van der Waals surface area contributed by atoms with Crippen molar-refractivity contribution >= 4 is 33.3 Å². The summed E-state index contributed by atoms with van der Waals surface area (Å²) in [6.07, 6.45) is 1.55. The Morgan fingerprint density at radius 1 is 1.19 bits per heavy atom. The van der Waals surface area contributed by atoms with Gasteiger partial charge in [0.15, 0.2) is 0 Å². The number of benzene rings is 1. The van der Waals surface area contributed by atoms with Crippen molar-refractivity contribution in [3.8, 4) is 10.7 Å². The molecule has 2 heterocycles. The minimum absolute atomic E-state index is 0.0535. The van der Waals surface area contributed by atoms with Gasteiger partial charge in [0, 0.05) is 10.9 Å². The van der Waals surface area contributed by atoms with Crippen LogP contribution in [0.4, 0.5) is 5.95 Å². The summed E-state index contributed by atoms with van der Waals surface area (Å²) >= 11 is 1.37. The second kappa shape index (κ2) is 7.17. The number of anilines is 1. The van der Waals surface area contributed by atoms with Gasteiger partial charge < -0.3 is 10.1 Å². The molecule has 0 radical (unpaired) electrons. The molecule has 0 bridgehead atoms. The van der Waals surface area contributed by atoms with Gasteiger partial charge in [0.2, 0.25) is 5.95 Å². The zero-order chi connectivity index (χ0) is 18.7. The molecule has 0 spiro atoms. The van der Waals surface area contributed by atoms with E-state index in [4.69, 9.17) is 4.74 Å². The van der Waals surface area contributed by atoms with Gasteiger partial charge in [0.1, 0.15) is 22.8 Å². The van der Waals surface area contributed by atoms with Crippen molar-refractivity contribution in [2.24, 2.45) is 0 Å². The first-order valence-electron chi connectivity index (χ1n) is 8.01. The molecule has 0 saturated carbocycles. The average Bonchev–Trinajstić information content (AvgIpc) is 2.59. The number of nitrogens with one attached hydrogen (secondary N) is 1. The van der Waals surface area contributed by atoms with Gasteiger partial charge >= 0.3 is 5.97 Å². The summed E-state index contributed by atoms with van der Waals surface area (Å²) in [6.45, 7) is 5.35. The van der Waals surface area contributed by atoms with Crippen LogP contribution in [0.25, 0.3) is 20.8 Å². The second-order valence-electron chi connectivity index (χ2n) is 6.53. The van der Waals surface area contributed by atoms with E-state index >= 15 is 0 Å². The molecule has 0 fully saturated rings. The molecular formula is C18H18N4O3S. The summed E-state index contributed by atoms with van der Waals surface area (Å²) in [5.41, 5.74) is -0.335. The number of nitrogens with zero attached hydrogens (tertiary/aromatic N) is 3. The third-order valence-corrected chi connectivity index (χ3v) is 4.28. The molecule has 7 nitrogen and oxygen atoms in total. The van der Waals surface area contributed by atoms with Crippen LogP contribution in [0.2, 0.25) is 0 Å². The monoisotopic (exact) mass is 370 g/mol. The largest absolute Gasteiger partial charge is 0.459 e. The van der Waals surface area contributed by atoms with Gasteiger partial charge in [-0.25, -0.2) is 9.97 Å². The number of ether oxygens (including phenoxy) is 1. The molecule has 0 atom stereocenters. The molecule has 2 aromatic heterocycles. The minimum atomic E-state index is -0.553. The van der Waals surface area contributed by atoms with E-state index in [0.29, 0.717) is 16.1 Å². The Bertz CT molecular complexity index is 1010. The zero-order valence-electron chi connectivity index (χ0n) is 14.6. The fraction of sp³-hybridized carbons (Fsp3) is 0.278. The van der Waals surface area contributed by atoms with Crippen molar-refractivity contribution in [2.45, 2.75) is 26.4 Å². The van der Waals surface area contributed by atoms with Gasteiger partial charge in [-0.2, -0.15) is 4.98 Å². The molecule has 3 aromatic rings. The summed E-state index contributed by atoms with van der Waals surface area (Å²) in [6, 6.07) is 8.97. The average molecular weight is 370 g/mol. The molecular weight excluding hydrogens is 352 g/mol. The predicted octanol–water partition coefficient (Wildman–Crippen LogP) is 2.87. The lowest BCUT2D eigenvalue weighted by Crippen LogP contribution is -2.28. The first-order chi connectivity index (χ1) is 12.3. The van der Waals surface area contributed by atoms with Crippen molar-refractivity contribution < 1.29 is 9.53 Å². The van der Waals surface area contributed by atoms with Crippen LogP contribution in [-0.2, 0) is 9.53 Å². The Labute approximate surface area is 154 Å². The van der Waals surface area contributed by atoms with Crippen LogP contribution in [0.1, 0.15) is 20.8 Å². The van der Waals surface area contributed by atoms with Gasteiger partial charge in [-0.3, -0.25) is 9.59 Å². The van der Waals surface area contributed by atoms with Crippen LogP contribution in [0.5, 0.6) is 0 Å². The van der Waals surface area contributed by atoms with Crippen molar-refractivity contribution in [3.63, 3.8) is 0 Å². The predicted molar refractivity (Wildman–Crippen MR) is 101 cm³/mol. The number of esters is 1. The number of fused-ring (bicyclic) bond motifs is 1. The molecule has 1 N–H and O–H groups in total. The summed E-state index contributed by atoms with van der Waals surface area (Å²) in [5, 5.41) is 3.91. The van der Waals surface area contributed by atoms with Crippen LogP contribution in [0.15, 0.2) is 41.3 Å². The highest BCUT2D eigenvalue weighted by molar-refractivity contribution is 7.21. The molecule has 0 saturated heterocycles. The van der Waals surface area contributed by atoms with Crippen molar-refractivity contribution in [2.75, 3.05) is 11.9 Å². The van der Waals surface area contributed by atoms with Crippen LogP contribution in [0, 0.1) is 0 Å². The van der Waals surface area contributed by atoms with Crippen LogP contribution in [-0.4, -0.2) is 33.1 Å². The lowest BCUT2D eigenvalue weighted by Gasteiger charge is -2.19. The van der Waals surface area contributed by atoms with E-state index in [2.05, 4.69) is 20.3 Å². The minimum Gasteiger partial charge on any atom is -0.459 e. The van der Waals surface area contributed by atoms with Crippen LogP contribution >= 0.6 is 11.3 Å². The number of aromatic nitrogens is 3. The van der Waals surface area contributed by atoms with E-state index in [1.165, 1.54) is 11.3 Å². The smallest absolute Gasteiger partial charge is 0.325 e. The molecule has 0 unspecified atom stereocenters. The maximum atomic E-state index is 12.2. The molecule has 0 amide bonds. The fourth-order valence-electron chi connectivity index (χ4n) is 2.21. The molecule has 134 valence electrons. The third-order valence-electron chi connectivity index (χ3n) is 3.21. The molecule has 8 heteroatoms. The first-order valence-corrected chi connectivity index (χ1v) is 8.82. The Kier molecular flexibility index (Phi) is 4.94. The number of rotatable bonds is 4. The van der Waals surface area contributed by atoms with E-state index in [-0.39, 0.29) is 18.1 Å². The molecule has 26 heavy (non-hydrogen) atoms. The molecule has 0 aliphatic heterocycles. The van der Waals surface area contributed by atoms with Crippen LogP contribution < -0.4 is 10.9 Å². The Morgan fingerprint density at radius 2 is 1.96 bits per heavy atom. The van der Waals surface area contributed by atoms with Gasteiger partial charge in [0.25, 0.3) is 5.56 Å². The standard InChI is InChI=1S/C18H18N4O3S/c1-18(2,3)25-14(23)10-20-17-19-9-8-12(21-17)16-22-15(24)11-6-4-5-7-13(11)26-16/h4-9H,10H2,1-3H3,(H,19,20,21). The Balaban J connectivity index is 1.81. The van der Waals surface area contributed by atoms with Gasteiger partial charge in [-0.15, -0.1) is 11.3 Å². The Morgan fingerprint density at radius 3 is 2.73 bits per heavy atom. The summed E-state index contributed by atoms with van der Waals surface area (Å²) in [4.78, 5) is 36.5. The maximum absolute atomic E-state index is 12.2. The van der Waals surface area contributed by atoms with Gasteiger partial charge in [-0.05, 0) is 39.0 Å². The SMILES string of the molecule is CC(C)(C)OC(=O)CNc1nccc(-c2nc(=O)c3ccccc3s2)n1. The topological polar surface area (TPSA) is 94.1 Å². The quantitative estimate of drug-likeness (QED) is 0.706. The van der Waals surface area contributed by atoms with E-state index in [1.54, 1.807) is 45.2 Å². The summed E-state index contributed by atoms with van der Waals surface area (Å²) in [5.74, 6) is -0.136. The van der Waals surface area contributed by atoms with Crippen molar-refractivity contribution in [1.82, 2.24) is 15.0 Å². The lowest BCUT2D eigenvalue weighted by molar-refractivity contribution is -0.152. The van der Waals surface area contributed by atoms with Crippen LogP contribution in [0.3, 0.4) is 0 Å². The zero-order valence-corrected chi connectivity index (χ0v) is 15.5. The lowest BCUT2D eigenvalue weighted by atomic mass is 10.2. The van der Waals surface area contributed by atoms with E-state index < -0.39 is 11.6 Å². The Hall–Kier alpha value is -2.87. The maximum Gasteiger partial charge on any atom is 0.325 e. The first kappa shape index (κ1) is 17.9.